The van der Waals surface area contributed by atoms with Gasteiger partial charge in [-0.15, -0.1) is 0 Å². The third-order valence-corrected chi connectivity index (χ3v) is 2.58. The molecule has 0 radical (unpaired) electrons. The maximum atomic E-state index is 11.6. The van der Waals surface area contributed by atoms with E-state index in [1.54, 1.807) is 18.5 Å². The zero-order valence-corrected chi connectivity index (χ0v) is 11.9. The molecule has 1 atom stereocenters. The van der Waals surface area contributed by atoms with Gasteiger partial charge in [-0.25, -0.2) is 14.8 Å². The minimum absolute atomic E-state index is 0.322. The smallest absolute Gasteiger partial charge is 0.407 e. The Morgan fingerprint density at radius 3 is 2.37 bits per heavy atom. The van der Waals surface area contributed by atoms with Gasteiger partial charge in [0.1, 0.15) is 11.4 Å². The number of alkyl carbamates (subject to hydrolysis) is 1. The predicted molar refractivity (Wildman–Crippen MR) is 72.7 cm³/mol. The summed E-state index contributed by atoms with van der Waals surface area (Å²) in [6, 6.07) is 1.74. The van der Waals surface area contributed by atoms with Crippen molar-refractivity contribution in [1.82, 2.24) is 15.3 Å². The van der Waals surface area contributed by atoms with E-state index in [0.29, 0.717) is 18.9 Å². The second-order valence-electron chi connectivity index (χ2n) is 5.69. The van der Waals surface area contributed by atoms with Crippen LogP contribution in [0.3, 0.4) is 0 Å². The van der Waals surface area contributed by atoms with Gasteiger partial charge in [-0.05, 0) is 33.8 Å². The first-order valence-corrected chi connectivity index (χ1v) is 6.21. The van der Waals surface area contributed by atoms with Gasteiger partial charge in [0.15, 0.2) is 0 Å². The van der Waals surface area contributed by atoms with Crippen LogP contribution >= 0.6 is 0 Å². The van der Waals surface area contributed by atoms with Crippen LogP contribution in [0.2, 0.25) is 0 Å². The average molecular weight is 266 g/mol. The normalized spacial score (nSPS) is 14.6. The van der Waals surface area contributed by atoms with Crippen LogP contribution in [0.4, 0.5) is 4.79 Å². The second kappa shape index (κ2) is 5.97. The number of ether oxygens (including phenoxy) is 1. The number of carbonyl (C=O) groups excluding carboxylic acids is 1. The standard InChI is InChI=1S/C13H22N4O2/c1-12(2,3)19-11(18)17-9-13(4,8-14)10-15-6-5-7-16-10/h5-7H,8-9,14H2,1-4H3,(H,17,18). The molecule has 0 spiro atoms. The summed E-state index contributed by atoms with van der Waals surface area (Å²) in [6.45, 7) is 7.99. The quantitative estimate of drug-likeness (QED) is 0.855. The zero-order chi connectivity index (χ0) is 14.5. The summed E-state index contributed by atoms with van der Waals surface area (Å²) in [4.78, 5) is 20.0. The molecule has 106 valence electrons. The van der Waals surface area contributed by atoms with E-state index in [-0.39, 0.29) is 0 Å². The van der Waals surface area contributed by atoms with Gasteiger partial charge in [-0.1, -0.05) is 0 Å². The number of nitrogens with zero attached hydrogens (tertiary/aromatic N) is 2. The molecule has 1 heterocycles. The maximum absolute atomic E-state index is 11.6. The van der Waals surface area contributed by atoms with Crippen molar-refractivity contribution in [2.45, 2.75) is 38.7 Å². The van der Waals surface area contributed by atoms with Crippen LogP contribution in [-0.2, 0) is 10.2 Å². The van der Waals surface area contributed by atoms with E-state index in [4.69, 9.17) is 10.5 Å². The lowest BCUT2D eigenvalue weighted by molar-refractivity contribution is 0.0516. The highest BCUT2D eigenvalue weighted by molar-refractivity contribution is 5.67. The van der Waals surface area contributed by atoms with Crippen molar-refractivity contribution in [3.05, 3.63) is 24.3 Å². The largest absolute Gasteiger partial charge is 0.444 e. The molecule has 1 aromatic rings. The molecular weight excluding hydrogens is 244 g/mol. The van der Waals surface area contributed by atoms with Gasteiger partial charge in [0, 0.05) is 25.5 Å². The van der Waals surface area contributed by atoms with Gasteiger partial charge in [-0.3, -0.25) is 0 Å². The molecule has 1 unspecified atom stereocenters. The third kappa shape index (κ3) is 4.82. The molecule has 0 saturated heterocycles. The number of hydrogen-bond donors (Lipinski definition) is 2. The lowest BCUT2D eigenvalue weighted by atomic mass is 9.89. The first kappa shape index (κ1) is 15.4. The molecule has 1 amide bonds. The summed E-state index contributed by atoms with van der Waals surface area (Å²) in [7, 11) is 0. The molecule has 0 aliphatic carbocycles. The fourth-order valence-corrected chi connectivity index (χ4v) is 1.43. The summed E-state index contributed by atoms with van der Waals surface area (Å²) < 4.78 is 5.18. The van der Waals surface area contributed by atoms with Gasteiger partial charge in [0.25, 0.3) is 0 Å². The highest BCUT2D eigenvalue weighted by Crippen LogP contribution is 2.17. The molecule has 1 aromatic heterocycles. The van der Waals surface area contributed by atoms with E-state index in [9.17, 15) is 4.79 Å². The summed E-state index contributed by atoms with van der Waals surface area (Å²) in [5, 5.41) is 2.71. The molecule has 0 bridgehead atoms. The van der Waals surface area contributed by atoms with Crippen molar-refractivity contribution < 1.29 is 9.53 Å². The van der Waals surface area contributed by atoms with Crippen LogP contribution in [-0.4, -0.2) is 34.8 Å². The maximum Gasteiger partial charge on any atom is 0.407 e. The SMILES string of the molecule is CC(C)(C)OC(=O)NCC(C)(CN)c1ncccn1. The molecule has 19 heavy (non-hydrogen) atoms. The summed E-state index contributed by atoms with van der Waals surface area (Å²) in [5.74, 6) is 0.605. The first-order chi connectivity index (χ1) is 8.77. The highest BCUT2D eigenvalue weighted by atomic mass is 16.6. The molecule has 0 aliphatic heterocycles. The molecular formula is C13H22N4O2. The average Bonchev–Trinajstić information content (AvgIpc) is 2.35. The lowest BCUT2D eigenvalue weighted by Gasteiger charge is -2.27. The first-order valence-electron chi connectivity index (χ1n) is 6.21. The van der Waals surface area contributed by atoms with Crippen molar-refractivity contribution in [3.63, 3.8) is 0 Å². The molecule has 0 saturated carbocycles. The van der Waals surface area contributed by atoms with Gasteiger partial charge in [-0.2, -0.15) is 0 Å². The summed E-state index contributed by atoms with van der Waals surface area (Å²) in [5.41, 5.74) is 4.74. The van der Waals surface area contributed by atoms with E-state index in [2.05, 4.69) is 15.3 Å². The number of nitrogens with two attached hydrogens (primary N) is 1. The van der Waals surface area contributed by atoms with Crippen LogP contribution in [0.25, 0.3) is 0 Å². The Balaban J connectivity index is 2.65. The number of amides is 1. The topological polar surface area (TPSA) is 90.1 Å². The van der Waals surface area contributed by atoms with E-state index < -0.39 is 17.1 Å². The number of hydrogen-bond acceptors (Lipinski definition) is 5. The second-order valence-corrected chi connectivity index (χ2v) is 5.69. The predicted octanol–water partition coefficient (Wildman–Crippen LogP) is 1.22. The zero-order valence-electron chi connectivity index (χ0n) is 11.9. The van der Waals surface area contributed by atoms with E-state index >= 15 is 0 Å². The van der Waals surface area contributed by atoms with Crippen molar-refractivity contribution in [2.24, 2.45) is 5.73 Å². The van der Waals surface area contributed by atoms with Crippen molar-refractivity contribution in [2.75, 3.05) is 13.1 Å². The summed E-state index contributed by atoms with van der Waals surface area (Å²) >= 11 is 0. The molecule has 1 rings (SSSR count). The minimum Gasteiger partial charge on any atom is -0.444 e. The number of rotatable bonds is 4. The Bertz CT molecular complexity index is 416. The van der Waals surface area contributed by atoms with E-state index in [1.807, 2.05) is 27.7 Å². The van der Waals surface area contributed by atoms with Gasteiger partial charge >= 0.3 is 6.09 Å². The van der Waals surface area contributed by atoms with Crippen LogP contribution in [0.15, 0.2) is 18.5 Å². The Labute approximate surface area is 113 Å². The van der Waals surface area contributed by atoms with Crippen LogP contribution in [0.5, 0.6) is 0 Å². The van der Waals surface area contributed by atoms with E-state index in [1.165, 1.54) is 0 Å². The number of aromatic nitrogens is 2. The van der Waals surface area contributed by atoms with Crippen LogP contribution < -0.4 is 11.1 Å². The van der Waals surface area contributed by atoms with Gasteiger partial charge in [0.05, 0.1) is 5.41 Å². The Hall–Kier alpha value is -1.69. The van der Waals surface area contributed by atoms with Gasteiger partial charge in [0.2, 0.25) is 0 Å². The van der Waals surface area contributed by atoms with Crippen LogP contribution in [0, 0.1) is 0 Å². The van der Waals surface area contributed by atoms with Gasteiger partial charge < -0.3 is 15.8 Å². The Kier molecular flexibility index (Phi) is 4.83. The number of nitrogens with one attached hydrogen (secondary N) is 1. The number of carbonyl (C=O) groups is 1. The lowest BCUT2D eigenvalue weighted by Crippen LogP contribution is -2.46. The summed E-state index contributed by atoms with van der Waals surface area (Å²) in [6.07, 6.45) is 2.84. The van der Waals surface area contributed by atoms with Crippen LogP contribution in [0.1, 0.15) is 33.5 Å². The molecule has 0 fully saturated rings. The monoisotopic (exact) mass is 266 g/mol. The Morgan fingerprint density at radius 2 is 1.89 bits per heavy atom. The minimum atomic E-state index is -0.521. The molecule has 6 nitrogen and oxygen atoms in total. The third-order valence-electron chi connectivity index (χ3n) is 2.58. The van der Waals surface area contributed by atoms with Crippen molar-refractivity contribution >= 4 is 6.09 Å². The fraction of sp³-hybridized carbons (Fsp3) is 0.615. The highest BCUT2D eigenvalue weighted by Gasteiger charge is 2.29. The van der Waals surface area contributed by atoms with Crippen molar-refractivity contribution in [1.29, 1.82) is 0 Å². The molecule has 3 N–H and O–H groups in total. The molecule has 6 heteroatoms. The molecule has 0 aromatic carbocycles. The Morgan fingerprint density at radius 1 is 1.32 bits per heavy atom. The fourth-order valence-electron chi connectivity index (χ4n) is 1.43. The molecule has 0 aliphatic rings. The van der Waals surface area contributed by atoms with Crippen molar-refractivity contribution in [3.8, 4) is 0 Å². The van der Waals surface area contributed by atoms with E-state index in [0.717, 1.165) is 0 Å².